The zero-order valence-corrected chi connectivity index (χ0v) is 13.3. The predicted octanol–water partition coefficient (Wildman–Crippen LogP) is 1.06. The average molecular weight is 310 g/mol. The molecule has 0 saturated carbocycles. The zero-order valence-electron chi connectivity index (χ0n) is 12.5. The minimum atomic E-state index is -3.32. The lowest BCUT2D eigenvalue weighted by molar-refractivity contribution is -0.120. The fourth-order valence-electron chi connectivity index (χ4n) is 2.46. The summed E-state index contributed by atoms with van der Waals surface area (Å²) in [4.78, 5) is 14.1. The van der Waals surface area contributed by atoms with Gasteiger partial charge in [0, 0.05) is 31.6 Å². The van der Waals surface area contributed by atoms with Gasteiger partial charge < -0.3 is 10.2 Å². The van der Waals surface area contributed by atoms with E-state index in [2.05, 4.69) is 22.3 Å². The maximum Gasteiger partial charge on any atom is 0.238 e. The van der Waals surface area contributed by atoms with Crippen molar-refractivity contribution in [1.29, 1.82) is 0 Å². The molecule has 1 saturated heterocycles. The number of carbonyl (C=O) groups excluding carboxylic acids is 1. The predicted molar refractivity (Wildman–Crippen MR) is 84.1 cm³/mol. The first-order valence-electron chi connectivity index (χ1n) is 7.14. The Balaban J connectivity index is 1.83. The van der Waals surface area contributed by atoms with Crippen LogP contribution in [0.15, 0.2) is 30.3 Å². The van der Waals surface area contributed by atoms with E-state index in [9.17, 15) is 13.2 Å². The second-order valence-electron chi connectivity index (χ2n) is 5.65. The number of nitrogens with zero attached hydrogens (tertiary/aromatic N) is 1. The van der Waals surface area contributed by atoms with Gasteiger partial charge in [-0.3, -0.25) is 4.79 Å². The number of nitrogens with one attached hydrogen (secondary N) is 1. The van der Waals surface area contributed by atoms with Crippen LogP contribution in [0.25, 0.3) is 0 Å². The van der Waals surface area contributed by atoms with Crippen LogP contribution in [0.1, 0.15) is 13.3 Å². The van der Waals surface area contributed by atoms with Crippen molar-refractivity contribution in [1.82, 2.24) is 5.32 Å². The van der Waals surface area contributed by atoms with Crippen molar-refractivity contribution in [2.24, 2.45) is 5.92 Å². The fourth-order valence-corrected chi connectivity index (χ4v) is 2.93. The SMILES string of the molecule is C[C@H](C(=O)NC[C@@H]1CCN(c2ccccc2)C1)S(C)(=O)=O. The van der Waals surface area contributed by atoms with Gasteiger partial charge in [0.1, 0.15) is 5.25 Å². The van der Waals surface area contributed by atoms with Crippen LogP contribution in [-0.4, -0.2) is 45.5 Å². The number of amides is 1. The van der Waals surface area contributed by atoms with Gasteiger partial charge in [-0.05, 0) is 31.4 Å². The van der Waals surface area contributed by atoms with Crippen LogP contribution in [0.3, 0.4) is 0 Å². The lowest BCUT2D eigenvalue weighted by atomic mass is 10.1. The molecule has 1 aromatic rings. The number of para-hydroxylation sites is 1. The molecular formula is C15H22N2O3S. The highest BCUT2D eigenvalue weighted by Crippen LogP contribution is 2.22. The molecule has 21 heavy (non-hydrogen) atoms. The third-order valence-electron chi connectivity index (χ3n) is 3.98. The fraction of sp³-hybridized carbons (Fsp3) is 0.533. The van der Waals surface area contributed by atoms with E-state index in [-0.39, 0.29) is 0 Å². The van der Waals surface area contributed by atoms with Gasteiger partial charge >= 0.3 is 0 Å². The molecule has 6 heteroatoms. The molecule has 1 aromatic carbocycles. The molecule has 0 unspecified atom stereocenters. The van der Waals surface area contributed by atoms with Crippen LogP contribution in [0.2, 0.25) is 0 Å². The van der Waals surface area contributed by atoms with E-state index < -0.39 is 21.0 Å². The Bertz CT molecular complexity index is 586. The van der Waals surface area contributed by atoms with Crippen LogP contribution in [0.4, 0.5) is 5.69 Å². The Morgan fingerprint density at radius 3 is 2.67 bits per heavy atom. The van der Waals surface area contributed by atoms with Gasteiger partial charge in [-0.15, -0.1) is 0 Å². The zero-order chi connectivity index (χ0) is 15.5. The van der Waals surface area contributed by atoms with E-state index in [1.165, 1.54) is 12.6 Å². The van der Waals surface area contributed by atoms with E-state index in [1.54, 1.807) is 0 Å². The minimum absolute atomic E-state index is 0.362. The smallest absolute Gasteiger partial charge is 0.238 e. The Morgan fingerprint density at radius 1 is 1.38 bits per heavy atom. The lowest BCUT2D eigenvalue weighted by Crippen LogP contribution is -2.40. The summed E-state index contributed by atoms with van der Waals surface area (Å²) in [6.07, 6.45) is 2.09. The maximum absolute atomic E-state index is 11.8. The van der Waals surface area contributed by atoms with Crippen LogP contribution < -0.4 is 10.2 Å². The van der Waals surface area contributed by atoms with Crippen molar-refractivity contribution in [3.05, 3.63) is 30.3 Å². The summed E-state index contributed by atoms with van der Waals surface area (Å²) >= 11 is 0. The summed E-state index contributed by atoms with van der Waals surface area (Å²) in [6.45, 7) is 3.81. The van der Waals surface area contributed by atoms with Crippen molar-refractivity contribution >= 4 is 21.4 Å². The van der Waals surface area contributed by atoms with E-state index in [4.69, 9.17) is 0 Å². The molecule has 0 bridgehead atoms. The van der Waals surface area contributed by atoms with E-state index in [0.29, 0.717) is 12.5 Å². The number of carbonyl (C=O) groups is 1. The Kier molecular flexibility index (Phi) is 4.88. The van der Waals surface area contributed by atoms with E-state index in [1.807, 2.05) is 18.2 Å². The standard InChI is InChI=1S/C15H22N2O3S/c1-12(21(2,19)20)15(18)16-10-13-8-9-17(11-13)14-6-4-3-5-7-14/h3-7,12-13H,8-11H2,1-2H3,(H,16,18)/t12-,13+/m1/s1. The molecule has 0 aliphatic carbocycles. The first-order chi connectivity index (χ1) is 9.88. The summed E-state index contributed by atoms with van der Waals surface area (Å²) in [7, 11) is -3.32. The lowest BCUT2D eigenvalue weighted by Gasteiger charge is -2.19. The molecule has 1 N–H and O–H groups in total. The largest absolute Gasteiger partial charge is 0.371 e. The van der Waals surface area contributed by atoms with Gasteiger partial charge in [-0.25, -0.2) is 8.42 Å². The molecule has 2 atom stereocenters. The minimum Gasteiger partial charge on any atom is -0.371 e. The second kappa shape index (κ2) is 6.47. The van der Waals surface area contributed by atoms with Gasteiger partial charge in [0.2, 0.25) is 5.91 Å². The number of hydrogen-bond donors (Lipinski definition) is 1. The van der Waals surface area contributed by atoms with Crippen molar-refractivity contribution in [2.45, 2.75) is 18.6 Å². The molecule has 116 valence electrons. The van der Waals surface area contributed by atoms with Crippen LogP contribution in [0.5, 0.6) is 0 Å². The van der Waals surface area contributed by atoms with Crippen LogP contribution in [0, 0.1) is 5.92 Å². The third kappa shape index (κ3) is 4.20. The van der Waals surface area contributed by atoms with Gasteiger partial charge in [0.05, 0.1) is 0 Å². The highest BCUT2D eigenvalue weighted by molar-refractivity contribution is 7.92. The highest BCUT2D eigenvalue weighted by atomic mass is 32.2. The molecule has 1 amide bonds. The van der Waals surface area contributed by atoms with Crippen molar-refractivity contribution in [3.8, 4) is 0 Å². The number of sulfone groups is 1. The molecule has 1 aliphatic heterocycles. The molecule has 5 nitrogen and oxygen atoms in total. The Morgan fingerprint density at radius 2 is 2.05 bits per heavy atom. The Labute approximate surface area is 126 Å². The van der Waals surface area contributed by atoms with Crippen molar-refractivity contribution < 1.29 is 13.2 Å². The van der Waals surface area contributed by atoms with Gasteiger partial charge in [0.25, 0.3) is 0 Å². The number of rotatable bonds is 5. The normalized spacial score (nSPS) is 20.3. The topological polar surface area (TPSA) is 66.5 Å². The molecule has 1 heterocycles. The summed E-state index contributed by atoms with van der Waals surface area (Å²) in [6, 6.07) is 10.2. The van der Waals surface area contributed by atoms with Crippen LogP contribution in [-0.2, 0) is 14.6 Å². The van der Waals surface area contributed by atoms with Crippen molar-refractivity contribution in [2.75, 3.05) is 30.8 Å². The van der Waals surface area contributed by atoms with Gasteiger partial charge in [-0.2, -0.15) is 0 Å². The third-order valence-corrected chi connectivity index (χ3v) is 5.48. The van der Waals surface area contributed by atoms with Crippen LogP contribution >= 0.6 is 0 Å². The average Bonchev–Trinajstić information content (AvgIpc) is 2.93. The van der Waals surface area contributed by atoms with E-state index in [0.717, 1.165) is 25.8 Å². The van der Waals surface area contributed by atoms with Gasteiger partial charge in [-0.1, -0.05) is 18.2 Å². The molecule has 1 fully saturated rings. The molecule has 0 spiro atoms. The first-order valence-corrected chi connectivity index (χ1v) is 9.10. The monoisotopic (exact) mass is 310 g/mol. The Hall–Kier alpha value is -1.56. The summed E-state index contributed by atoms with van der Waals surface area (Å²) in [5.74, 6) is -0.0448. The highest BCUT2D eigenvalue weighted by Gasteiger charge is 2.26. The summed E-state index contributed by atoms with van der Waals surface area (Å²) in [5.41, 5.74) is 1.19. The maximum atomic E-state index is 11.8. The number of hydrogen-bond acceptors (Lipinski definition) is 4. The molecule has 0 radical (unpaired) electrons. The number of anilines is 1. The molecular weight excluding hydrogens is 288 g/mol. The first kappa shape index (κ1) is 15.8. The summed E-state index contributed by atoms with van der Waals surface area (Å²) < 4.78 is 22.7. The van der Waals surface area contributed by atoms with Gasteiger partial charge in [0.15, 0.2) is 9.84 Å². The molecule has 0 aromatic heterocycles. The quantitative estimate of drug-likeness (QED) is 0.883. The molecule has 1 aliphatic rings. The second-order valence-corrected chi connectivity index (χ2v) is 8.02. The van der Waals surface area contributed by atoms with E-state index >= 15 is 0 Å². The molecule has 2 rings (SSSR count). The van der Waals surface area contributed by atoms with Crippen molar-refractivity contribution in [3.63, 3.8) is 0 Å². The summed E-state index contributed by atoms with van der Waals surface area (Å²) in [5, 5.41) is 1.78. The number of benzene rings is 1.